The molecule has 8 heteroatoms. The highest BCUT2D eigenvalue weighted by molar-refractivity contribution is 6.40. The number of hydrogen-bond donors (Lipinski definition) is 2. The van der Waals surface area contributed by atoms with Crippen LogP contribution in [0.4, 0.5) is 0 Å². The van der Waals surface area contributed by atoms with E-state index in [0.29, 0.717) is 0 Å². The summed E-state index contributed by atoms with van der Waals surface area (Å²) in [6.07, 6.45) is -3.79. The zero-order chi connectivity index (χ0) is 13.8. The fourth-order valence-corrected chi connectivity index (χ4v) is 0.713. The summed E-state index contributed by atoms with van der Waals surface area (Å²) in [7, 11) is 0. The average Bonchev–Trinajstić information content (AvgIpc) is 2.28. The fourth-order valence-electron chi connectivity index (χ4n) is 0.713. The minimum Gasteiger partial charge on any atom is -0.464 e. The Morgan fingerprint density at radius 3 is 1.41 bits per heavy atom. The fraction of sp³-hybridized carbons (Fsp3) is 0.778. The number of hydrogen-bond acceptors (Lipinski definition) is 6. The van der Waals surface area contributed by atoms with Gasteiger partial charge in [-0.25, -0.2) is 9.59 Å². The zero-order valence-electron chi connectivity index (χ0n) is 9.56. The highest BCUT2D eigenvalue weighted by Crippen LogP contribution is 1.99. The molecule has 102 valence electrons. The number of aliphatic hydroxyl groups excluding tert-OH is 2. The van der Waals surface area contributed by atoms with Gasteiger partial charge in [-0.15, -0.1) is 23.2 Å². The molecule has 0 saturated carbocycles. The maximum atomic E-state index is 10.9. The average molecular weight is 291 g/mol. The Morgan fingerprint density at radius 2 is 1.24 bits per heavy atom. The summed E-state index contributed by atoms with van der Waals surface area (Å²) in [6.45, 7) is 3.21. The molecule has 0 amide bonds. The van der Waals surface area contributed by atoms with E-state index < -0.39 is 24.1 Å². The molecule has 0 aromatic rings. The maximum absolute atomic E-state index is 10.9. The minimum atomic E-state index is -1.89. The van der Waals surface area contributed by atoms with Gasteiger partial charge in [-0.2, -0.15) is 0 Å². The van der Waals surface area contributed by atoms with Crippen LogP contribution in [0.15, 0.2) is 0 Å². The second kappa shape index (κ2) is 11.9. The number of halogens is 2. The third-order valence-electron chi connectivity index (χ3n) is 1.36. The molecule has 17 heavy (non-hydrogen) atoms. The number of ether oxygens (including phenoxy) is 2. The molecule has 0 saturated heterocycles. The Hall–Kier alpha value is -0.560. The standard InChI is InChI=1S/C8H14O6.CH2Cl2/c1-3-13-7(11)5(9)6(10)8(12)14-4-2;2-1-3/h5-6,9-10H,3-4H2,1-2H3;1H2. The SMILES string of the molecule is CCOC(=O)C(O)C(O)C(=O)OCC.ClCCl. The largest absolute Gasteiger partial charge is 0.464 e. The van der Waals surface area contributed by atoms with Crippen LogP contribution in [-0.2, 0) is 19.1 Å². The summed E-state index contributed by atoms with van der Waals surface area (Å²) in [4.78, 5) is 21.7. The predicted molar refractivity (Wildman–Crippen MR) is 61.9 cm³/mol. The van der Waals surface area contributed by atoms with Gasteiger partial charge in [0.05, 0.1) is 18.6 Å². The lowest BCUT2D eigenvalue weighted by Gasteiger charge is -2.14. The molecule has 0 bridgehead atoms. The lowest BCUT2D eigenvalue weighted by atomic mass is 10.2. The van der Waals surface area contributed by atoms with Crippen LogP contribution in [-0.4, -0.2) is 52.9 Å². The van der Waals surface area contributed by atoms with E-state index in [4.69, 9.17) is 33.4 Å². The lowest BCUT2D eigenvalue weighted by molar-refractivity contribution is -0.172. The van der Waals surface area contributed by atoms with E-state index in [-0.39, 0.29) is 18.6 Å². The van der Waals surface area contributed by atoms with E-state index in [1.165, 1.54) is 0 Å². The van der Waals surface area contributed by atoms with Crippen LogP contribution in [0.25, 0.3) is 0 Å². The first-order valence-corrected chi connectivity index (χ1v) is 5.84. The van der Waals surface area contributed by atoms with Crippen molar-refractivity contribution in [2.45, 2.75) is 26.1 Å². The topological polar surface area (TPSA) is 93.1 Å². The first-order valence-electron chi connectivity index (χ1n) is 4.77. The second-order valence-electron chi connectivity index (χ2n) is 2.49. The second-order valence-corrected chi connectivity index (χ2v) is 3.30. The molecular formula is C9H16Cl2O6. The molecule has 2 atom stereocenters. The molecule has 0 spiro atoms. The Bertz CT molecular complexity index is 202. The molecule has 0 fully saturated rings. The third-order valence-corrected chi connectivity index (χ3v) is 1.36. The Balaban J connectivity index is 0. The highest BCUT2D eigenvalue weighted by Gasteiger charge is 2.32. The van der Waals surface area contributed by atoms with E-state index >= 15 is 0 Å². The maximum Gasteiger partial charge on any atom is 0.338 e. The van der Waals surface area contributed by atoms with Crippen molar-refractivity contribution in [1.82, 2.24) is 0 Å². The van der Waals surface area contributed by atoms with Gasteiger partial charge in [0.2, 0.25) is 0 Å². The van der Waals surface area contributed by atoms with Crippen molar-refractivity contribution in [2.24, 2.45) is 0 Å². The molecule has 0 aliphatic rings. The molecule has 0 aromatic heterocycles. The van der Waals surface area contributed by atoms with Gasteiger partial charge in [-0.1, -0.05) is 0 Å². The molecule has 0 aliphatic carbocycles. The number of esters is 2. The van der Waals surface area contributed by atoms with E-state index in [1.54, 1.807) is 13.8 Å². The van der Waals surface area contributed by atoms with Crippen LogP contribution in [0.5, 0.6) is 0 Å². The van der Waals surface area contributed by atoms with Crippen LogP contribution in [0, 0.1) is 0 Å². The van der Waals surface area contributed by atoms with E-state index in [2.05, 4.69) is 9.47 Å². The molecule has 0 aromatic carbocycles. The van der Waals surface area contributed by atoms with Gasteiger partial charge >= 0.3 is 11.9 Å². The third kappa shape index (κ3) is 9.17. The van der Waals surface area contributed by atoms with Crippen molar-refractivity contribution in [3.05, 3.63) is 0 Å². The van der Waals surface area contributed by atoms with Crippen molar-refractivity contribution < 1.29 is 29.3 Å². The van der Waals surface area contributed by atoms with Crippen LogP contribution in [0.3, 0.4) is 0 Å². The van der Waals surface area contributed by atoms with Gasteiger partial charge in [0.15, 0.2) is 12.2 Å². The summed E-state index contributed by atoms with van der Waals surface area (Å²) < 4.78 is 8.79. The van der Waals surface area contributed by atoms with Gasteiger partial charge in [0.1, 0.15) is 0 Å². The van der Waals surface area contributed by atoms with Gasteiger partial charge in [-0.05, 0) is 13.8 Å². The van der Waals surface area contributed by atoms with Gasteiger partial charge in [-0.3, -0.25) is 0 Å². The first kappa shape index (κ1) is 18.8. The van der Waals surface area contributed by atoms with Gasteiger partial charge < -0.3 is 19.7 Å². The predicted octanol–water partition coefficient (Wildman–Crippen LogP) is 0.256. The van der Waals surface area contributed by atoms with Gasteiger partial charge in [0.25, 0.3) is 0 Å². The van der Waals surface area contributed by atoms with Crippen molar-refractivity contribution in [3.8, 4) is 0 Å². The monoisotopic (exact) mass is 290 g/mol. The molecule has 0 heterocycles. The highest BCUT2D eigenvalue weighted by atomic mass is 35.5. The zero-order valence-corrected chi connectivity index (χ0v) is 11.1. The van der Waals surface area contributed by atoms with Crippen LogP contribution >= 0.6 is 23.2 Å². The molecule has 0 radical (unpaired) electrons. The summed E-state index contributed by atoms with van der Waals surface area (Å²) in [5.74, 6) is -2.10. The van der Waals surface area contributed by atoms with Crippen LogP contribution in [0.1, 0.15) is 13.8 Å². The molecule has 6 nitrogen and oxygen atoms in total. The molecular weight excluding hydrogens is 275 g/mol. The summed E-state index contributed by atoms with van der Waals surface area (Å²) in [6, 6.07) is 0. The molecule has 2 N–H and O–H groups in total. The summed E-state index contributed by atoms with van der Waals surface area (Å²) in [5, 5.41) is 18.4. The van der Waals surface area contributed by atoms with E-state index in [0.717, 1.165) is 0 Å². The van der Waals surface area contributed by atoms with Crippen molar-refractivity contribution in [1.29, 1.82) is 0 Å². The lowest BCUT2D eigenvalue weighted by Crippen LogP contribution is -2.41. The normalized spacial score (nSPS) is 12.8. The Morgan fingerprint density at radius 1 is 1.00 bits per heavy atom. The van der Waals surface area contributed by atoms with Gasteiger partial charge in [0, 0.05) is 0 Å². The Kier molecular flexibility index (Phi) is 13.2. The van der Waals surface area contributed by atoms with Crippen molar-refractivity contribution in [2.75, 3.05) is 18.6 Å². The molecule has 2 unspecified atom stereocenters. The number of aliphatic hydroxyl groups is 2. The van der Waals surface area contributed by atoms with Crippen molar-refractivity contribution in [3.63, 3.8) is 0 Å². The Labute approximate surface area is 109 Å². The minimum absolute atomic E-state index is 0.0610. The number of alkyl halides is 2. The van der Waals surface area contributed by atoms with Crippen LogP contribution < -0.4 is 0 Å². The number of carbonyl (C=O) groups excluding carboxylic acids is 2. The summed E-state index contributed by atoms with van der Waals surface area (Å²) >= 11 is 9.53. The van der Waals surface area contributed by atoms with Crippen LogP contribution in [0.2, 0.25) is 0 Å². The van der Waals surface area contributed by atoms with E-state index in [1.807, 2.05) is 0 Å². The smallest absolute Gasteiger partial charge is 0.338 e. The van der Waals surface area contributed by atoms with E-state index in [9.17, 15) is 9.59 Å². The summed E-state index contributed by atoms with van der Waals surface area (Å²) in [5.41, 5.74) is 0. The first-order chi connectivity index (χ1) is 7.95. The van der Waals surface area contributed by atoms with Crippen molar-refractivity contribution >= 4 is 35.1 Å². The quantitative estimate of drug-likeness (QED) is 0.557. The molecule has 0 rings (SSSR count). The molecule has 0 aliphatic heterocycles. The number of rotatable bonds is 5. The number of carbonyl (C=O) groups is 2.